The first-order chi connectivity index (χ1) is 7.82. The van der Waals surface area contributed by atoms with E-state index in [1.165, 1.54) is 19.1 Å². The van der Waals surface area contributed by atoms with Crippen LogP contribution in [0, 0.1) is 18.3 Å². The second kappa shape index (κ2) is 4.88. The zero-order chi connectivity index (χ0) is 13.2. The van der Waals surface area contributed by atoms with Gasteiger partial charge in [-0.3, -0.25) is 4.79 Å². The second-order valence-corrected chi connectivity index (χ2v) is 3.91. The van der Waals surface area contributed by atoms with Crippen molar-refractivity contribution >= 4 is 21.7 Å². The van der Waals surface area contributed by atoms with Crippen LogP contribution in [0.15, 0.2) is 12.1 Å². The molecule has 0 fully saturated rings. The highest BCUT2D eigenvalue weighted by molar-refractivity contribution is 9.09. The lowest BCUT2D eigenvalue weighted by Gasteiger charge is -2.14. The molecule has 0 aliphatic rings. The molecule has 6 heteroatoms. The van der Waals surface area contributed by atoms with Crippen molar-refractivity contribution in [2.45, 2.75) is 13.1 Å². The zero-order valence-corrected chi connectivity index (χ0v) is 10.3. The summed E-state index contributed by atoms with van der Waals surface area (Å²) < 4.78 is 38.6. The molecule has 0 atom stereocenters. The van der Waals surface area contributed by atoms with Crippen molar-refractivity contribution in [2.24, 2.45) is 0 Å². The number of nitrogens with zero attached hydrogens (tertiary/aromatic N) is 1. The maximum Gasteiger partial charge on any atom is 0.418 e. The van der Waals surface area contributed by atoms with E-state index in [2.05, 4.69) is 15.9 Å². The van der Waals surface area contributed by atoms with E-state index in [1.807, 2.05) is 0 Å². The smallest absolute Gasteiger partial charge is 0.293 e. The van der Waals surface area contributed by atoms with Crippen LogP contribution in [-0.2, 0) is 6.18 Å². The minimum atomic E-state index is -4.72. The van der Waals surface area contributed by atoms with Crippen molar-refractivity contribution in [3.05, 3.63) is 34.4 Å². The van der Waals surface area contributed by atoms with Gasteiger partial charge in [-0.25, -0.2) is 0 Å². The number of aryl methyl sites for hydroxylation is 1. The van der Waals surface area contributed by atoms with E-state index in [0.717, 1.165) is 6.07 Å². The van der Waals surface area contributed by atoms with Gasteiger partial charge in [0.15, 0.2) is 5.78 Å². The number of carbonyl (C=O) groups excluding carboxylic acids is 1. The van der Waals surface area contributed by atoms with E-state index < -0.39 is 28.6 Å². The van der Waals surface area contributed by atoms with Gasteiger partial charge in [0.1, 0.15) is 6.07 Å². The summed E-state index contributed by atoms with van der Waals surface area (Å²) in [5, 5.41) is 8.55. The van der Waals surface area contributed by atoms with Gasteiger partial charge in [-0.05, 0) is 12.5 Å². The molecule has 0 aliphatic heterocycles. The van der Waals surface area contributed by atoms with Crippen LogP contribution in [0.2, 0.25) is 0 Å². The van der Waals surface area contributed by atoms with Crippen LogP contribution in [0.25, 0.3) is 0 Å². The lowest BCUT2D eigenvalue weighted by molar-refractivity contribution is -0.138. The number of nitriles is 1. The fraction of sp³-hybridized carbons (Fsp3) is 0.273. The average molecular weight is 306 g/mol. The van der Waals surface area contributed by atoms with Gasteiger partial charge in [-0.15, -0.1) is 0 Å². The van der Waals surface area contributed by atoms with Gasteiger partial charge in [0.05, 0.1) is 16.5 Å². The van der Waals surface area contributed by atoms with Gasteiger partial charge >= 0.3 is 6.18 Å². The molecule has 0 spiro atoms. The van der Waals surface area contributed by atoms with Crippen LogP contribution >= 0.6 is 15.9 Å². The molecule has 0 amide bonds. The van der Waals surface area contributed by atoms with Gasteiger partial charge < -0.3 is 0 Å². The number of carbonyl (C=O) groups is 1. The summed E-state index contributed by atoms with van der Waals surface area (Å²) in [5.41, 5.74) is -1.92. The molecule has 1 aromatic carbocycles. The van der Waals surface area contributed by atoms with E-state index in [0.29, 0.717) is 0 Å². The van der Waals surface area contributed by atoms with Crippen LogP contribution in [0.1, 0.15) is 27.0 Å². The Bertz CT molecular complexity index is 503. The Balaban J connectivity index is 3.65. The van der Waals surface area contributed by atoms with Crippen molar-refractivity contribution in [2.75, 3.05) is 5.33 Å². The number of rotatable bonds is 2. The second-order valence-electron chi connectivity index (χ2n) is 3.35. The zero-order valence-electron chi connectivity index (χ0n) is 8.73. The molecule has 2 nitrogen and oxygen atoms in total. The van der Waals surface area contributed by atoms with Gasteiger partial charge in [-0.1, -0.05) is 28.1 Å². The van der Waals surface area contributed by atoms with Crippen LogP contribution in [0.3, 0.4) is 0 Å². The average Bonchev–Trinajstić information content (AvgIpc) is 2.26. The Morgan fingerprint density at radius 3 is 2.47 bits per heavy atom. The Kier molecular flexibility index (Phi) is 3.94. The van der Waals surface area contributed by atoms with Gasteiger partial charge in [0.2, 0.25) is 0 Å². The van der Waals surface area contributed by atoms with Crippen LogP contribution < -0.4 is 0 Å². The molecule has 0 bridgehead atoms. The normalized spacial score (nSPS) is 11.1. The largest absolute Gasteiger partial charge is 0.418 e. The molecule has 1 rings (SSSR count). The number of Topliss-reactive ketones (excluding diaryl/α,β-unsaturated/α-hetero) is 1. The Hall–Kier alpha value is -1.35. The molecule has 1 aromatic rings. The highest BCUT2D eigenvalue weighted by Crippen LogP contribution is 2.36. The molecule has 0 aromatic heterocycles. The van der Waals surface area contributed by atoms with Gasteiger partial charge in [0, 0.05) is 5.56 Å². The number of alkyl halides is 4. The van der Waals surface area contributed by atoms with Crippen molar-refractivity contribution in [1.82, 2.24) is 0 Å². The van der Waals surface area contributed by atoms with E-state index in [-0.39, 0.29) is 10.9 Å². The Labute approximate surface area is 104 Å². The minimum Gasteiger partial charge on any atom is -0.293 e. The van der Waals surface area contributed by atoms with E-state index in [1.54, 1.807) is 0 Å². The number of halogens is 4. The fourth-order valence-corrected chi connectivity index (χ4v) is 1.75. The first kappa shape index (κ1) is 13.7. The Morgan fingerprint density at radius 2 is 2.06 bits per heavy atom. The summed E-state index contributed by atoms with van der Waals surface area (Å²) in [4.78, 5) is 11.4. The monoisotopic (exact) mass is 305 g/mol. The quantitative estimate of drug-likeness (QED) is 0.620. The number of hydrogen-bond acceptors (Lipinski definition) is 2. The van der Waals surface area contributed by atoms with E-state index >= 15 is 0 Å². The molecule has 0 radical (unpaired) electrons. The van der Waals surface area contributed by atoms with Crippen molar-refractivity contribution < 1.29 is 18.0 Å². The van der Waals surface area contributed by atoms with Crippen LogP contribution in [-0.4, -0.2) is 11.1 Å². The summed E-state index contributed by atoms with van der Waals surface area (Å²) in [6.07, 6.45) is -4.72. The molecule has 90 valence electrons. The maximum atomic E-state index is 12.9. The van der Waals surface area contributed by atoms with Gasteiger partial charge in [-0.2, -0.15) is 18.4 Å². The highest BCUT2D eigenvalue weighted by Gasteiger charge is 2.38. The molecule has 0 saturated heterocycles. The molecule has 0 saturated carbocycles. The molecule has 0 unspecified atom stereocenters. The molecular formula is C11H7BrF3NO. The number of hydrogen-bond donors (Lipinski definition) is 0. The fourth-order valence-electron chi connectivity index (χ4n) is 1.45. The lowest BCUT2D eigenvalue weighted by Crippen LogP contribution is -2.16. The summed E-state index contributed by atoms with van der Waals surface area (Å²) >= 11 is 2.82. The topological polar surface area (TPSA) is 40.9 Å². The summed E-state index contributed by atoms with van der Waals surface area (Å²) in [6.45, 7) is 1.40. The summed E-state index contributed by atoms with van der Waals surface area (Å²) in [7, 11) is 0. The van der Waals surface area contributed by atoms with E-state index in [9.17, 15) is 18.0 Å². The van der Waals surface area contributed by atoms with Crippen LogP contribution in [0.5, 0.6) is 0 Å². The Morgan fingerprint density at radius 1 is 1.47 bits per heavy atom. The van der Waals surface area contributed by atoms with Crippen molar-refractivity contribution in [1.29, 1.82) is 5.26 Å². The SMILES string of the molecule is Cc1ccc(C(=O)CBr)c(C(F)(F)F)c1C#N. The molecule has 17 heavy (non-hydrogen) atoms. The van der Waals surface area contributed by atoms with Crippen molar-refractivity contribution in [3.63, 3.8) is 0 Å². The van der Waals surface area contributed by atoms with Crippen molar-refractivity contribution in [3.8, 4) is 6.07 Å². The highest BCUT2D eigenvalue weighted by atomic mass is 79.9. The molecule has 0 heterocycles. The predicted octanol–water partition coefficient (Wildman–Crippen LogP) is 3.46. The number of ketones is 1. The summed E-state index contributed by atoms with van der Waals surface area (Å²) in [5.74, 6) is -0.700. The summed E-state index contributed by atoms with van der Waals surface area (Å²) in [6, 6.07) is 3.94. The van der Waals surface area contributed by atoms with Gasteiger partial charge in [0.25, 0.3) is 0 Å². The predicted molar refractivity (Wildman–Crippen MR) is 59.0 cm³/mol. The van der Waals surface area contributed by atoms with E-state index in [4.69, 9.17) is 5.26 Å². The molecule has 0 N–H and O–H groups in total. The lowest BCUT2D eigenvalue weighted by atomic mass is 9.95. The van der Waals surface area contributed by atoms with Crippen LogP contribution in [0.4, 0.5) is 13.2 Å². The number of benzene rings is 1. The standard InChI is InChI=1S/C11H7BrF3NO/c1-6-2-3-7(9(17)4-12)10(8(6)5-16)11(13,14)15/h2-3H,4H2,1H3. The third kappa shape index (κ3) is 2.67. The third-order valence-electron chi connectivity index (χ3n) is 2.23. The molecule has 0 aliphatic carbocycles. The first-order valence-electron chi connectivity index (χ1n) is 4.53. The molecular weight excluding hydrogens is 299 g/mol. The minimum absolute atomic E-state index is 0.200. The first-order valence-corrected chi connectivity index (χ1v) is 5.65. The maximum absolute atomic E-state index is 12.9. The third-order valence-corrected chi connectivity index (χ3v) is 2.74.